The maximum absolute atomic E-state index is 10.1. The molecule has 0 aliphatic carbocycles. The zero-order valence-electron chi connectivity index (χ0n) is 12.8. The first-order chi connectivity index (χ1) is 9.76. The summed E-state index contributed by atoms with van der Waals surface area (Å²) in [5, 5.41) is 10.1. The quantitative estimate of drug-likeness (QED) is 0.642. The zero-order chi connectivity index (χ0) is 15.6. The number of aliphatic hydroxyl groups is 1. The second-order valence-electron chi connectivity index (χ2n) is 6.48. The number of nitrogens with zero attached hydrogens (tertiary/aromatic N) is 2. The van der Waals surface area contributed by atoms with Crippen molar-refractivity contribution in [1.29, 1.82) is 0 Å². The molecule has 1 unspecified atom stereocenters. The van der Waals surface area contributed by atoms with Gasteiger partial charge in [-0.1, -0.05) is 0 Å². The molecule has 6 heteroatoms. The molecular weight excluding hydrogens is 334 g/mol. The molecule has 1 saturated heterocycles. The fourth-order valence-electron chi connectivity index (χ4n) is 2.49. The molecule has 0 spiro atoms. The van der Waals surface area contributed by atoms with Gasteiger partial charge in [0.25, 0.3) is 0 Å². The van der Waals surface area contributed by atoms with Gasteiger partial charge in [0.15, 0.2) is 0 Å². The topological polar surface area (TPSA) is 71.6 Å². The number of aliphatic hydroxyl groups excluding tert-OH is 1. The van der Waals surface area contributed by atoms with E-state index in [1.165, 1.54) is 0 Å². The van der Waals surface area contributed by atoms with Crippen molar-refractivity contribution in [2.24, 2.45) is 0 Å². The van der Waals surface area contributed by atoms with Crippen molar-refractivity contribution in [2.45, 2.75) is 51.5 Å². The van der Waals surface area contributed by atoms with Gasteiger partial charge in [0.2, 0.25) is 6.41 Å². The maximum Gasteiger partial charge on any atom is 0.216 e. The number of rotatable bonds is 3. The molecule has 3 N–H and O–H groups in total. The molecule has 0 amide bonds. The predicted molar refractivity (Wildman–Crippen MR) is 86.7 cm³/mol. The zero-order valence-corrected chi connectivity index (χ0v) is 14.4. The predicted octanol–water partition coefficient (Wildman–Crippen LogP) is 2.70. The van der Waals surface area contributed by atoms with E-state index in [1.54, 1.807) is 0 Å². The first-order valence-corrected chi connectivity index (χ1v) is 8.07. The van der Waals surface area contributed by atoms with Crippen molar-refractivity contribution in [3.63, 3.8) is 0 Å². The molecule has 0 bridgehead atoms. The van der Waals surface area contributed by atoms with E-state index in [2.05, 4.69) is 20.9 Å². The second-order valence-corrected chi connectivity index (χ2v) is 7.23. The van der Waals surface area contributed by atoms with Crippen LogP contribution in [0.3, 0.4) is 0 Å². The molecule has 5 nitrogen and oxygen atoms in total. The van der Waals surface area contributed by atoms with E-state index in [0.29, 0.717) is 16.2 Å². The molecular formula is C15H24BrN3O2. The Morgan fingerprint density at radius 2 is 2.00 bits per heavy atom. The van der Waals surface area contributed by atoms with Crippen molar-refractivity contribution in [3.8, 4) is 0 Å². The Morgan fingerprint density at radius 1 is 1.38 bits per heavy atom. The smallest absolute Gasteiger partial charge is 0.216 e. The van der Waals surface area contributed by atoms with Gasteiger partial charge < -0.3 is 15.6 Å². The average Bonchev–Trinajstić information content (AvgIpc) is 2.40. The minimum absolute atomic E-state index is 0.348. The van der Waals surface area contributed by atoms with Gasteiger partial charge in [-0.05, 0) is 61.7 Å². The number of anilines is 1. The monoisotopic (exact) mass is 357 g/mol. The fraction of sp³-hybridized carbons (Fsp3) is 0.667. The third-order valence-corrected chi connectivity index (χ3v) is 4.25. The minimum Gasteiger partial charge on any atom is -0.397 e. The summed E-state index contributed by atoms with van der Waals surface area (Å²) in [5.41, 5.74) is 7.14. The Kier molecular flexibility index (Phi) is 5.24. The molecule has 1 aliphatic rings. The lowest BCUT2D eigenvalue weighted by Gasteiger charge is -2.37. The molecule has 2 heterocycles. The number of hydrogen-bond donors (Lipinski definition) is 2. The van der Waals surface area contributed by atoms with Crippen LogP contribution in [0.1, 0.15) is 45.2 Å². The first-order valence-electron chi connectivity index (χ1n) is 7.28. The van der Waals surface area contributed by atoms with Gasteiger partial charge in [-0.15, -0.1) is 0 Å². The Hall–Kier alpha value is -0.690. The molecule has 1 aliphatic heterocycles. The SMILES string of the molecule is CC(C)(C)OC(O)N1CCC(c2ccc(N)c(Br)n2)CC1. The van der Waals surface area contributed by atoms with Crippen molar-refractivity contribution in [1.82, 2.24) is 9.88 Å². The van der Waals surface area contributed by atoms with Crippen LogP contribution >= 0.6 is 15.9 Å². The highest BCUT2D eigenvalue weighted by Gasteiger charge is 2.28. The Bertz CT molecular complexity index is 482. The van der Waals surface area contributed by atoms with E-state index >= 15 is 0 Å². The van der Waals surface area contributed by atoms with Crippen LogP contribution in [0.5, 0.6) is 0 Å². The molecule has 2 rings (SSSR count). The normalized spacial score (nSPS) is 19.7. The molecule has 1 aromatic rings. The van der Waals surface area contributed by atoms with E-state index in [9.17, 15) is 5.11 Å². The van der Waals surface area contributed by atoms with E-state index in [1.807, 2.05) is 37.8 Å². The standard InChI is InChI=1S/C15H24BrN3O2/c1-15(2,3)21-14(20)19-8-6-10(7-9-19)12-5-4-11(17)13(16)18-12/h4-5,10,14,20H,6-9,17H2,1-3H3. The third-order valence-electron chi connectivity index (χ3n) is 3.62. The number of aromatic nitrogens is 1. The number of likely N-dealkylation sites (tertiary alicyclic amines) is 1. The van der Waals surface area contributed by atoms with Crippen LogP contribution in [-0.4, -0.2) is 40.1 Å². The van der Waals surface area contributed by atoms with Gasteiger partial charge >= 0.3 is 0 Å². The molecule has 1 aromatic heterocycles. The lowest BCUT2D eigenvalue weighted by Crippen LogP contribution is -2.45. The summed E-state index contributed by atoms with van der Waals surface area (Å²) in [6.45, 7) is 7.42. The minimum atomic E-state index is -0.836. The number of ether oxygens (including phenoxy) is 1. The number of hydrogen-bond acceptors (Lipinski definition) is 5. The maximum atomic E-state index is 10.1. The fourth-order valence-corrected chi connectivity index (χ4v) is 2.83. The summed E-state index contributed by atoms with van der Waals surface area (Å²) >= 11 is 3.37. The molecule has 21 heavy (non-hydrogen) atoms. The van der Waals surface area contributed by atoms with Crippen molar-refractivity contribution in [2.75, 3.05) is 18.8 Å². The lowest BCUT2D eigenvalue weighted by atomic mass is 9.93. The van der Waals surface area contributed by atoms with Gasteiger partial charge in [0.1, 0.15) is 4.60 Å². The van der Waals surface area contributed by atoms with Crippen LogP contribution in [-0.2, 0) is 4.74 Å². The highest BCUT2D eigenvalue weighted by atomic mass is 79.9. The van der Waals surface area contributed by atoms with Gasteiger partial charge in [-0.25, -0.2) is 4.98 Å². The number of nitrogen functional groups attached to an aromatic ring is 1. The van der Waals surface area contributed by atoms with Gasteiger partial charge in [-0.2, -0.15) is 0 Å². The highest BCUT2D eigenvalue weighted by Crippen LogP contribution is 2.30. The van der Waals surface area contributed by atoms with Crippen LogP contribution in [0.2, 0.25) is 0 Å². The molecule has 0 radical (unpaired) electrons. The summed E-state index contributed by atoms with van der Waals surface area (Å²) in [6, 6.07) is 3.87. The number of piperidine rings is 1. The third kappa shape index (κ3) is 4.64. The summed E-state index contributed by atoms with van der Waals surface area (Å²) in [7, 11) is 0. The number of nitrogens with two attached hydrogens (primary N) is 1. The van der Waals surface area contributed by atoms with Gasteiger partial charge in [-0.3, -0.25) is 4.90 Å². The Morgan fingerprint density at radius 3 is 2.52 bits per heavy atom. The second kappa shape index (κ2) is 6.60. The molecule has 0 aromatic carbocycles. The Balaban J connectivity index is 1.92. The van der Waals surface area contributed by atoms with Crippen LogP contribution in [0.15, 0.2) is 16.7 Å². The number of halogens is 1. The number of pyridine rings is 1. The summed E-state index contributed by atoms with van der Waals surface area (Å²) in [4.78, 5) is 6.47. The molecule has 1 fully saturated rings. The van der Waals surface area contributed by atoms with Crippen LogP contribution in [0.25, 0.3) is 0 Å². The van der Waals surface area contributed by atoms with Crippen molar-refractivity contribution in [3.05, 3.63) is 22.4 Å². The van der Waals surface area contributed by atoms with Crippen molar-refractivity contribution < 1.29 is 9.84 Å². The van der Waals surface area contributed by atoms with E-state index < -0.39 is 6.41 Å². The van der Waals surface area contributed by atoms with Crippen LogP contribution in [0.4, 0.5) is 5.69 Å². The molecule has 0 saturated carbocycles. The summed E-state index contributed by atoms with van der Waals surface area (Å²) in [6.07, 6.45) is 1.07. The lowest BCUT2D eigenvalue weighted by molar-refractivity contribution is -0.242. The van der Waals surface area contributed by atoms with Crippen LogP contribution in [0, 0.1) is 0 Å². The average molecular weight is 358 g/mol. The highest BCUT2D eigenvalue weighted by molar-refractivity contribution is 9.10. The largest absolute Gasteiger partial charge is 0.397 e. The molecule has 118 valence electrons. The molecule has 1 atom stereocenters. The Labute approximate surface area is 134 Å². The summed E-state index contributed by atoms with van der Waals surface area (Å²) in [5.74, 6) is 0.403. The van der Waals surface area contributed by atoms with Crippen molar-refractivity contribution >= 4 is 21.6 Å². The van der Waals surface area contributed by atoms with E-state index in [4.69, 9.17) is 10.5 Å². The van der Waals surface area contributed by atoms with E-state index in [0.717, 1.165) is 31.6 Å². The van der Waals surface area contributed by atoms with Gasteiger partial charge in [0.05, 0.1) is 11.3 Å². The van der Waals surface area contributed by atoms with Gasteiger partial charge in [0, 0.05) is 24.7 Å². The first kappa shape index (κ1) is 16.7. The summed E-state index contributed by atoms with van der Waals surface area (Å²) < 4.78 is 6.30. The van der Waals surface area contributed by atoms with Crippen LogP contribution < -0.4 is 5.73 Å². The van der Waals surface area contributed by atoms with E-state index in [-0.39, 0.29) is 5.60 Å².